The zero-order valence-corrected chi connectivity index (χ0v) is 15.0. The summed E-state index contributed by atoms with van der Waals surface area (Å²) in [5.74, 6) is 0.450. The molecule has 0 bridgehead atoms. The molecular weight excluding hydrogens is 336 g/mol. The van der Waals surface area contributed by atoms with Crippen molar-refractivity contribution in [3.8, 4) is 17.2 Å². The summed E-state index contributed by atoms with van der Waals surface area (Å²) in [5, 5.41) is 10.2. The average Bonchev–Trinajstić information content (AvgIpc) is 2.63. The number of ether oxygens (including phenoxy) is 4. The third-order valence-electron chi connectivity index (χ3n) is 3.46. The highest BCUT2D eigenvalue weighted by atomic mass is 16.7. The summed E-state index contributed by atoms with van der Waals surface area (Å²) < 4.78 is 20.4. The van der Waals surface area contributed by atoms with E-state index in [9.17, 15) is 9.90 Å². The van der Waals surface area contributed by atoms with Crippen molar-refractivity contribution in [2.45, 2.75) is 6.92 Å². The van der Waals surface area contributed by atoms with Crippen molar-refractivity contribution in [3.05, 3.63) is 59.2 Å². The molecule has 0 aliphatic rings. The van der Waals surface area contributed by atoms with E-state index >= 15 is 0 Å². The van der Waals surface area contributed by atoms with Crippen LogP contribution < -0.4 is 9.47 Å². The Morgan fingerprint density at radius 1 is 1.04 bits per heavy atom. The van der Waals surface area contributed by atoms with E-state index in [0.717, 1.165) is 11.1 Å². The van der Waals surface area contributed by atoms with Gasteiger partial charge in [0.2, 0.25) is 0 Å². The minimum Gasteiger partial charge on any atom is -0.507 e. The molecule has 0 unspecified atom stereocenters. The number of benzene rings is 2. The molecule has 0 fully saturated rings. The van der Waals surface area contributed by atoms with Crippen LogP contribution in [0.5, 0.6) is 17.2 Å². The fraction of sp³-hybridized carbons (Fsp3) is 0.250. The molecule has 0 atom stereocenters. The Balaban J connectivity index is 2.17. The van der Waals surface area contributed by atoms with Crippen LogP contribution in [0.1, 0.15) is 21.5 Å². The Bertz CT molecular complexity index is 765. The van der Waals surface area contributed by atoms with Gasteiger partial charge in [0, 0.05) is 14.2 Å². The molecular formula is C20H22O6. The van der Waals surface area contributed by atoms with Crippen molar-refractivity contribution in [2.75, 3.05) is 27.8 Å². The van der Waals surface area contributed by atoms with E-state index in [-0.39, 0.29) is 36.4 Å². The number of hydrogen-bond donors (Lipinski definition) is 1. The Morgan fingerprint density at radius 2 is 1.69 bits per heavy atom. The van der Waals surface area contributed by atoms with Gasteiger partial charge < -0.3 is 24.1 Å². The predicted molar refractivity (Wildman–Crippen MR) is 97.7 cm³/mol. The summed E-state index contributed by atoms with van der Waals surface area (Å²) in [4.78, 5) is 12.5. The Morgan fingerprint density at radius 3 is 2.35 bits per heavy atom. The molecule has 6 heteroatoms. The fourth-order valence-corrected chi connectivity index (χ4v) is 2.28. The van der Waals surface area contributed by atoms with Gasteiger partial charge in [0.25, 0.3) is 0 Å². The number of rotatable bonds is 9. The zero-order valence-electron chi connectivity index (χ0n) is 15.0. The van der Waals surface area contributed by atoms with Crippen LogP contribution in [0, 0.1) is 6.92 Å². The van der Waals surface area contributed by atoms with Crippen LogP contribution in [0.3, 0.4) is 0 Å². The van der Waals surface area contributed by atoms with E-state index in [1.54, 1.807) is 38.3 Å². The second-order valence-corrected chi connectivity index (χ2v) is 5.53. The summed E-state index contributed by atoms with van der Waals surface area (Å²) >= 11 is 0. The molecule has 0 aromatic heterocycles. The van der Waals surface area contributed by atoms with Gasteiger partial charge in [-0.1, -0.05) is 18.2 Å². The van der Waals surface area contributed by atoms with Gasteiger partial charge in [-0.25, -0.2) is 0 Å². The summed E-state index contributed by atoms with van der Waals surface area (Å²) in [6.45, 7) is 1.96. The number of carbonyl (C=O) groups is 1. The van der Waals surface area contributed by atoms with Crippen LogP contribution in [0.4, 0.5) is 0 Å². The van der Waals surface area contributed by atoms with E-state index in [4.69, 9.17) is 18.9 Å². The number of aromatic hydroxyl groups is 1. The summed E-state index contributed by atoms with van der Waals surface area (Å²) in [7, 11) is 3.03. The third kappa shape index (κ3) is 5.34. The van der Waals surface area contributed by atoms with Crippen molar-refractivity contribution in [3.63, 3.8) is 0 Å². The Labute approximate surface area is 152 Å². The van der Waals surface area contributed by atoms with Crippen molar-refractivity contribution < 1.29 is 28.8 Å². The minimum atomic E-state index is -0.367. The first-order valence-corrected chi connectivity index (χ1v) is 7.94. The van der Waals surface area contributed by atoms with Gasteiger partial charge in [-0.15, -0.1) is 0 Å². The first-order valence-electron chi connectivity index (χ1n) is 7.94. The monoisotopic (exact) mass is 358 g/mol. The Hall–Kier alpha value is -2.83. The number of hydrogen-bond acceptors (Lipinski definition) is 6. The maximum absolute atomic E-state index is 12.5. The highest BCUT2D eigenvalue weighted by molar-refractivity contribution is 6.10. The number of ketones is 1. The molecule has 2 aromatic rings. The van der Waals surface area contributed by atoms with Crippen molar-refractivity contribution in [1.29, 1.82) is 0 Å². The predicted octanol–water partition coefficient (Wildman–Crippen LogP) is 3.56. The number of methoxy groups -OCH3 is 2. The van der Waals surface area contributed by atoms with E-state index in [0.29, 0.717) is 5.75 Å². The lowest BCUT2D eigenvalue weighted by atomic mass is 10.0. The van der Waals surface area contributed by atoms with E-state index in [1.807, 2.05) is 12.1 Å². The fourth-order valence-electron chi connectivity index (χ4n) is 2.28. The number of phenolic OH excluding ortho intramolecular Hbond substituents is 1. The van der Waals surface area contributed by atoms with E-state index < -0.39 is 0 Å². The molecule has 0 saturated carbocycles. The molecule has 0 saturated heterocycles. The molecule has 2 rings (SSSR count). The largest absolute Gasteiger partial charge is 0.507 e. The number of allylic oxidation sites excluding steroid dienone is 1. The van der Waals surface area contributed by atoms with Gasteiger partial charge in [-0.3, -0.25) is 4.79 Å². The molecule has 0 heterocycles. The molecule has 0 aliphatic heterocycles. The SMILES string of the molecule is COCOc1ccc(/C=C/C(=O)c2c(O)cc(C)cc2OCOC)cc1. The normalized spacial score (nSPS) is 10.9. The summed E-state index contributed by atoms with van der Waals surface area (Å²) in [5.41, 5.74) is 1.69. The lowest BCUT2D eigenvalue weighted by molar-refractivity contribution is 0.0501. The zero-order chi connectivity index (χ0) is 18.9. The van der Waals surface area contributed by atoms with Crippen LogP contribution in [0.25, 0.3) is 6.08 Å². The lowest BCUT2D eigenvalue weighted by Crippen LogP contribution is -2.05. The first kappa shape index (κ1) is 19.5. The van der Waals surface area contributed by atoms with Gasteiger partial charge in [0.1, 0.15) is 22.8 Å². The molecule has 2 aromatic carbocycles. The molecule has 0 amide bonds. The standard InChI is InChI=1S/C20H22O6/c1-14-10-18(22)20(19(11-14)26-13-24-3)17(21)9-6-15-4-7-16(8-5-15)25-12-23-2/h4-11,22H,12-13H2,1-3H3/b9-6+. The van der Waals surface area contributed by atoms with E-state index in [2.05, 4.69) is 0 Å². The topological polar surface area (TPSA) is 74.2 Å². The third-order valence-corrected chi connectivity index (χ3v) is 3.46. The Kier molecular flexibility index (Phi) is 7.20. The lowest BCUT2D eigenvalue weighted by Gasteiger charge is -2.11. The van der Waals surface area contributed by atoms with Crippen molar-refractivity contribution in [2.24, 2.45) is 0 Å². The molecule has 6 nitrogen and oxygen atoms in total. The highest BCUT2D eigenvalue weighted by Gasteiger charge is 2.16. The number of carbonyl (C=O) groups excluding carboxylic acids is 1. The van der Waals surface area contributed by atoms with Crippen molar-refractivity contribution in [1.82, 2.24) is 0 Å². The van der Waals surface area contributed by atoms with Crippen LogP contribution in [0.2, 0.25) is 0 Å². The molecule has 26 heavy (non-hydrogen) atoms. The van der Waals surface area contributed by atoms with Crippen LogP contribution in [-0.4, -0.2) is 38.7 Å². The number of phenols is 1. The van der Waals surface area contributed by atoms with E-state index in [1.165, 1.54) is 19.3 Å². The molecule has 138 valence electrons. The van der Waals surface area contributed by atoms with Gasteiger partial charge >= 0.3 is 0 Å². The molecule has 1 N–H and O–H groups in total. The second-order valence-electron chi connectivity index (χ2n) is 5.53. The number of aryl methyl sites for hydroxylation is 1. The molecule has 0 spiro atoms. The van der Waals surface area contributed by atoms with Gasteiger partial charge in [-0.05, 0) is 48.4 Å². The van der Waals surface area contributed by atoms with Gasteiger partial charge in [0.15, 0.2) is 19.4 Å². The van der Waals surface area contributed by atoms with Crippen LogP contribution in [-0.2, 0) is 9.47 Å². The van der Waals surface area contributed by atoms with Gasteiger partial charge in [0.05, 0.1) is 0 Å². The second kappa shape index (κ2) is 9.60. The molecule has 0 aliphatic carbocycles. The quantitative estimate of drug-likeness (QED) is 0.420. The highest BCUT2D eigenvalue weighted by Crippen LogP contribution is 2.30. The minimum absolute atomic E-state index is 0.0180. The summed E-state index contributed by atoms with van der Waals surface area (Å²) in [6, 6.07) is 10.4. The summed E-state index contributed by atoms with van der Waals surface area (Å²) in [6.07, 6.45) is 3.04. The maximum Gasteiger partial charge on any atom is 0.193 e. The maximum atomic E-state index is 12.5. The smallest absolute Gasteiger partial charge is 0.193 e. The van der Waals surface area contributed by atoms with Gasteiger partial charge in [-0.2, -0.15) is 0 Å². The van der Waals surface area contributed by atoms with Crippen LogP contribution >= 0.6 is 0 Å². The van der Waals surface area contributed by atoms with Crippen LogP contribution in [0.15, 0.2) is 42.5 Å². The van der Waals surface area contributed by atoms with Crippen molar-refractivity contribution >= 4 is 11.9 Å². The average molecular weight is 358 g/mol. The first-order chi connectivity index (χ1) is 12.5. The molecule has 0 radical (unpaired) electrons.